The Labute approximate surface area is 145 Å². The Morgan fingerprint density at radius 3 is 2.04 bits per heavy atom. The van der Waals surface area contributed by atoms with Crippen LogP contribution in [0.15, 0.2) is 48.5 Å². The van der Waals surface area contributed by atoms with Gasteiger partial charge in [0.25, 0.3) is 5.91 Å². The Morgan fingerprint density at radius 2 is 1.44 bits per heavy atom. The normalized spacial score (nSPS) is 14.4. The van der Waals surface area contributed by atoms with Crippen LogP contribution in [-0.2, 0) is 11.2 Å². The highest BCUT2D eigenvalue weighted by atomic mass is 19.1. The van der Waals surface area contributed by atoms with Gasteiger partial charge in [0, 0.05) is 37.4 Å². The molecule has 1 aliphatic rings. The quantitative estimate of drug-likeness (QED) is 0.868. The number of benzene rings is 2. The van der Waals surface area contributed by atoms with E-state index in [1.807, 2.05) is 12.1 Å². The molecule has 2 aromatic rings. The Kier molecular flexibility index (Phi) is 4.97. The van der Waals surface area contributed by atoms with Crippen LogP contribution in [0.25, 0.3) is 0 Å². The van der Waals surface area contributed by atoms with Crippen LogP contribution in [0.5, 0.6) is 0 Å². The van der Waals surface area contributed by atoms with Crippen molar-refractivity contribution in [3.8, 4) is 0 Å². The van der Waals surface area contributed by atoms with Crippen molar-refractivity contribution in [3.63, 3.8) is 0 Å². The molecule has 0 radical (unpaired) electrons. The summed E-state index contributed by atoms with van der Waals surface area (Å²) in [7, 11) is 0. The summed E-state index contributed by atoms with van der Waals surface area (Å²) in [5.74, 6) is -0.459. The summed E-state index contributed by atoms with van der Waals surface area (Å²) in [6.45, 7) is 1.95. The lowest BCUT2D eigenvalue weighted by Gasteiger charge is -2.35. The van der Waals surface area contributed by atoms with Gasteiger partial charge in [-0.15, -0.1) is 0 Å². The third-order valence-electron chi connectivity index (χ3n) is 4.35. The van der Waals surface area contributed by atoms with E-state index in [4.69, 9.17) is 5.73 Å². The van der Waals surface area contributed by atoms with Crippen molar-refractivity contribution in [2.75, 3.05) is 31.9 Å². The zero-order chi connectivity index (χ0) is 17.8. The van der Waals surface area contributed by atoms with Crippen LogP contribution in [0.4, 0.5) is 10.1 Å². The van der Waals surface area contributed by atoms with Crippen LogP contribution in [0.2, 0.25) is 0 Å². The van der Waals surface area contributed by atoms with Gasteiger partial charge in [-0.1, -0.05) is 12.1 Å². The maximum absolute atomic E-state index is 13.0. The minimum atomic E-state index is -0.366. The summed E-state index contributed by atoms with van der Waals surface area (Å²) in [6.07, 6.45) is 0.326. The topological polar surface area (TPSA) is 66.6 Å². The molecule has 6 heteroatoms. The van der Waals surface area contributed by atoms with Crippen molar-refractivity contribution in [1.82, 2.24) is 9.80 Å². The average Bonchev–Trinajstić information content (AvgIpc) is 2.64. The molecule has 1 heterocycles. The predicted octanol–water partition coefficient (Wildman–Crippen LogP) is 1.93. The lowest BCUT2D eigenvalue weighted by molar-refractivity contribution is -0.131. The molecule has 2 aromatic carbocycles. The van der Waals surface area contributed by atoms with Crippen LogP contribution in [-0.4, -0.2) is 47.8 Å². The van der Waals surface area contributed by atoms with Gasteiger partial charge < -0.3 is 15.5 Å². The van der Waals surface area contributed by atoms with Gasteiger partial charge >= 0.3 is 0 Å². The maximum atomic E-state index is 13.0. The van der Waals surface area contributed by atoms with E-state index in [0.717, 1.165) is 5.56 Å². The van der Waals surface area contributed by atoms with Crippen LogP contribution >= 0.6 is 0 Å². The first-order chi connectivity index (χ1) is 12.0. The average molecular weight is 341 g/mol. The number of piperazine rings is 1. The van der Waals surface area contributed by atoms with Crippen molar-refractivity contribution in [1.29, 1.82) is 0 Å². The molecule has 0 spiro atoms. The number of nitrogen functional groups attached to an aromatic ring is 1. The van der Waals surface area contributed by atoms with Crippen LogP contribution in [0.3, 0.4) is 0 Å². The molecule has 0 aromatic heterocycles. The molecule has 1 fully saturated rings. The standard InChI is InChI=1S/C19H20FN3O2/c20-16-5-3-15(4-6-16)19(25)23-11-9-22(10-12-23)18(24)13-14-1-7-17(21)8-2-14/h1-8H,9-13,21H2. The summed E-state index contributed by atoms with van der Waals surface area (Å²) < 4.78 is 13.0. The number of carbonyl (C=O) groups is 2. The summed E-state index contributed by atoms with van der Waals surface area (Å²) in [4.78, 5) is 28.2. The second-order valence-electron chi connectivity index (χ2n) is 6.10. The molecule has 1 aliphatic heterocycles. The second kappa shape index (κ2) is 7.34. The highest BCUT2D eigenvalue weighted by Gasteiger charge is 2.24. The van der Waals surface area contributed by atoms with E-state index in [1.165, 1.54) is 24.3 Å². The molecular formula is C19H20FN3O2. The van der Waals surface area contributed by atoms with E-state index in [9.17, 15) is 14.0 Å². The van der Waals surface area contributed by atoms with Crippen molar-refractivity contribution in [2.24, 2.45) is 0 Å². The molecule has 2 N–H and O–H groups in total. The molecule has 0 aliphatic carbocycles. The minimum Gasteiger partial charge on any atom is -0.399 e. The highest BCUT2D eigenvalue weighted by Crippen LogP contribution is 2.12. The number of hydrogen-bond donors (Lipinski definition) is 1. The summed E-state index contributed by atoms with van der Waals surface area (Å²) in [5.41, 5.74) is 7.70. The molecule has 25 heavy (non-hydrogen) atoms. The number of nitrogens with zero attached hydrogens (tertiary/aromatic N) is 2. The molecule has 2 amide bonds. The van der Waals surface area contributed by atoms with Gasteiger partial charge in [-0.25, -0.2) is 4.39 Å². The van der Waals surface area contributed by atoms with Crippen molar-refractivity contribution in [2.45, 2.75) is 6.42 Å². The lowest BCUT2D eigenvalue weighted by Crippen LogP contribution is -2.51. The maximum Gasteiger partial charge on any atom is 0.253 e. The highest BCUT2D eigenvalue weighted by molar-refractivity contribution is 5.94. The van der Waals surface area contributed by atoms with Crippen LogP contribution in [0.1, 0.15) is 15.9 Å². The molecule has 5 nitrogen and oxygen atoms in total. The molecule has 3 rings (SSSR count). The van der Waals surface area contributed by atoms with E-state index in [0.29, 0.717) is 43.9 Å². The molecule has 130 valence electrons. The first kappa shape index (κ1) is 17.0. The van der Waals surface area contributed by atoms with Gasteiger partial charge in [-0.2, -0.15) is 0 Å². The Balaban J connectivity index is 1.54. The lowest BCUT2D eigenvalue weighted by atomic mass is 10.1. The minimum absolute atomic E-state index is 0.0404. The second-order valence-corrected chi connectivity index (χ2v) is 6.10. The molecule has 1 saturated heterocycles. The number of anilines is 1. The fourth-order valence-electron chi connectivity index (χ4n) is 2.86. The molecule has 0 unspecified atom stereocenters. The Morgan fingerprint density at radius 1 is 0.880 bits per heavy atom. The molecule has 0 atom stereocenters. The largest absolute Gasteiger partial charge is 0.399 e. The number of nitrogens with two attached hydrogens (primary N) is 1. The van der Waals surface area contributed by atoms with Crippen LogP contribution in [0, 0.1) is 5.82 Å². The van der Waals surface area contributed by atoms with Gasteiger partial charge in [0.05, 0.1) is 6.42 Å². The van der Waals surface area contributed by atoms with Gasteiger partial charge in [-0.3, -0.25) is 9.59 Å². The smallest absolute Gasteiger partial charge is 0.253 e. The fraction of sp³-hybridized carbons (Fsp3) is 0.263. The third-order valence-corrected chi connectivity index (χ3v) is 4.35. The molecule has 0 bridgehead atoms. The van der Waals surface area contributed by atoms with Gasteiger partial charge in [-0.05, 0) is 42.0 Å². The number of rotatable bonds is 3. The van der Waals surface area contributed by atoms with E-state index >= 15 is 0 Å². The number of halogens is 1. The van der Waals surface area contributed by atoms with Gasteiger partial charge in [0.1, 0.15) is 5.82 Å². The van der Waals surface area contributed by atoms with Gasteiger partial charge in [0.2, 0.25) is 5.91 Å². The van der Waals surface area contributed by atoms with E-state index < -0.39 is 0 Å². The van der Waals surface area contributed by atoms with Crippen molar-refractivity contribution in [3.05, 3.63) is 65.5 Å². The fourth-order valence-corrected chi connectivity index (χ4v) is 2.86. The zero-order valence-corrected chi connectivity index (χ0v) is 13.8. The van der Waals surface area contributed by atoms with E-state index in [1.54, 1.807) is 21.9 Å². The van der Waals surface area contributed by atoms with E-state index in [2.05, 4.69) is 0 Å². The van der Waals surface area contributed by atoms with Gasteiger partial charge in [0.15, 0.2) is 0 Å². The molecule has 0 saturated carbocycles. The number of amides is 2. The van der Waals surface area contributed by atoms with Crippen molar-refractivity contribution < 1.29 is 14.0 Å². The summed E-state index contributed by atoms with van der Waals surface area (Å²) in [6, 6.07) is 12.8. The number of hydrogen-bond acceptors (Lipinski definition) is 3. The van der Waals surface area contributed by atoms with Crippen molar-refractivity contribution >= 4 is 17.5 Å². The Bertz CT molecular complexity index is 751. The monoisotopic (exact) mass is 341 g/mol. The predicted molar refractivity (Wildman–Crippen MR) is 93.4 cm³/mol. The van der Waals surface area contributed by atoms with Crippen LogP contribution < -0.4 is 5.73 Å². The number of carbonyl (C=O) groups excluding carboxylic acids is 2. The zero-order valence-electron chi connectivity index (χ0n) is 13.8. The first-order valence-corrected chi connectivity index (χ1v) is 8.20. The summed E-state index contributed by atoms with van der Waals surface area (Å²) in [5, 5.41) is 0. The molecular weight excluding hydrogens is 321 g/mol. The third kappa shape index (κ3) is 4.15. The SMILES string of the molecule is Nc1ccc(CC(=O)N2CCN(C(=O)c3ccc(F)cc3)CC2)cc1. The Hall–Kier alpha value is -2.89. The van der Waals surface area contributed by atoms with E-state index in [-0.39, 0.29) is 17.6 Å². The first-order valence-electron chi connectivity index (χ1n) is 8.20. The summed E-state index contributed by atoms with van der Waals surface area (Å²) >= 11 is 0.